The molecule has 1 amide bonds. The lowest BCUT2D eigenvalue weighted by Crippen LogP contribution is -2.51. The number of aromatic nitrogens is 3. The Balaban J connectivity index is 1.86. The SMILES string of the molecule is C=C(F)C(=O)N1CC(n2nc(-c3ccc(C(F)(F)F)cc3)c3nccc(P(=O)(CC)CC)c32)C1. The van der Waals surface area contributed by atoms with Crippen molar-refractivity contribution in [2.24, 2.45) is 0 Å². The molecule has 0 radical (unpaired) electrons. The van der Waals surface area contributed by atoms with Gasteiger partial charge in [-0.3, -0.25) is 14.5 Å². The van der Waals surface area contributed by atoms with E-state index in [2.05, 4.69) is 16.7 Å². The Kier molecular flexibility index (Phi) is 6.14. The molecule has 0 aliphatic carbocycles. The number of amides is 1. The summed E-state index contributed by atoms with van der Waals surface area (Å²) in [5.41, 5.74) is 0.937. The minimum absolute atomic E-state index is 0.169. The van der Waals surface area contributed by atoms with E-state index in [1.807, 2.05) is 13.8 Å². The van der Waals surface area contributed by atoms with E-state index in [4.69, 9.17) is 0 Å². The number of fused-ring (bicyclic) bond motifs is 1. The summed E-state index contributed by atoms with van der Waals surface area (Å²) in [6.45, 7) is 7.05. The van der Waals surface area contributed by atoms with Gasteiger partial charge < -0.3 is 9.46 Å². The van der Waals surface area contributed by atoms with Crippen LogP contribution in [0.5, 0.6) is 0 Å². The number of pyridine rings is 1. The molecule has 180 valence electrons. The molecule has 3 heterocycles. The average molecular weight is 494 g/mol. The fourth-order valence-electron chi connectivity index (χ4n) is 4.16. The predicted octanol–water partition coefficient (Wildman–Crippen LogP) is 5.01. The predicted molar refractivity (Wildman–Crippen MR) is 122 cm³/mol. The highest BCUT2D eigenvalue weighted by molar-refractivity contribution is 7.72. The van der Waals surface area contributed by atoms with Gasteiger partial charge in [0.25, 0.3) is 5.91 Å². The Labute approximate surface area is 193 Å². The second-order valence-corrected chi connectivity index (χ2v) is 11.7. The molecule has 34 heavy (non-hydrogen) atoms. The third-order valence-electron chi connectivity index (χ3n) is 6.24. The summed E-state index contributed by atoms with van der Waals surface area (Å²) in [6, 6.07) is 5.96. The van der Waals surface area contributed by atoms with Crippen molar-refractivity contribution in [1.82, 2.24) is 19.7 Å². The Morgan fingerprint density at radius 2 is 1.76 bits per heavy atom. The van der Waals surface area contributed by atoms with Gasteiger partial charge in [-0.1, -0.05) is 32.6 Å². The Morgan fingerprint density at radius 1 is 1.15 bits per heavy atom. The van der Waals surface area contributed by atoms with E-state index in [9.17, 15) is 26.9 Å². The lowest BCUT2D eigenvalue weighted by molar-refractivity contribution is -0.137. The highest BCUT2D eigenvalue weighted by Gasteiger charge is 2.37. The molecular formula is C23H23F4N4O2P. The molecular weight excluding hydrogens is 471 g/mol. The zero-order valence-electron chi connectivity index (χ0n) is 18.6. The topological polar surface area (TPSA) is 68.1 Å². The van der Waals surface area contributed by atoms with Crippen molar-refractivity contribution >= 4 is 29.4 Å². The smallest absolute Gasteiger partial charge is 0.332 e. The molecule has 1 aliphatic heterocycles. The molecule has 11 heteroatoms. The number of carbonyl (C=O) groups excluding carboxylic acids is 1. The lowest BCUT2D eigenvalue weighted by atomic mass is 10.1. The highest BCUT2D eigenvalue weighted by Crippen LogP contribution is 2.46. The first kappa shape index (κ1) is 24.1. The monoisotopic (exact) mass is 494 g/mol. The molecule has 0 atom stereocenters. The number of alkyl halides is 3. The summed E-state index contributed by atoms with van der Waals surface area (Å²) >= 11 is 0. The number of hydrogen-bond acceptors (Lipinski definition) is 4. The molecule has 0 bridgehead atoms. The fourth-order valence-corrected chi connectivity index (χ4v) is 6.23. The van der Waals surface area contributed by atoms with E-state index >= 15 is 0 Å². The molecule has 0 saturated carbocycles. The van der Waals surface area contributed by atoms with Gasteiger partial charge in [0.05, 0.1) is 17.1 Å². The number of hydrogen-bond donors (Lipinski definition) is 0. The maximum Gasteiger partial charge on any atom is 0.416 e. The summed E-state index contributed by atoms with van der Waals surface area (Å²) in [4.78, 5) is 17.6. The van der Waals surface area contributed by atoms with Crippen LogP contribution in [0.15, 0.2) is 48.9 Å². The maximum absolute atomic E-state index is 13.7. The van der Waals surface area contributed by atoms with Crippen LogP contribution in [0.25, 0.3) is 22.3 Å². The molecule has 0 N–H and O–H groups in total. The third-order valence-corrected chi connectivity index (χ3v) is 9.52. The number of halogens is 4. The number of nitrogens with zero attached hydrogens (tertiary/aromatic N) is 4. The highest BCUT2D eigenvalue weighted by atomic mass is 31.2. The van der Waals surface area contributed by atoms with Crippen LogP contribution in [0.2, 0.25) is 0 Å². The molecule has 1 aliphatic rings. The van der Waals surface area contributed by atoms with Crippen LogP contribution in [-0.2, 0) is 15.5 Å². The van der Waals surface area contributed by atoms with E-state index in [1.54, 1.807) is 10.7 Å². The average Bonchev–Trinajstić information content (AvgIpc) is 3.16. The van der Waals surface area contributed by atoms with Crippen LogP contribution in [0.4, 0.5) is 17.6 Å². The van der Waals surface area contributed by atoms with Gasteiger partial charge in [-0.2, -0.15) is 18.3 Å². The second kappa shape index (κ2) is 8.65. The molecule has 6 nitrogen and oxygen atoms in total. The minimum atomic E-state index is -4.47. The molecule has 1 saturated heterocycles. The summed E-state index contributed by atoms with van der Waals surface area (Å²) in [7, 11) is -2.79. The molecule has 2 aromatic heterocycles. The number of carbonyl (C=O) groups is 1. The van der Waals surface area contributed by atoms with E-state index in [-0.39, 0.29) is 19.1 Å². The molecule has 4 rings (SSSR count). The zero-order valence-corrected chi connectivity index (χ0v) is 19.5. The van der Waals surface area contributed by atoms with Crippen LogP contribution in [0.3, 0.4) is 0 Å². The normalized spacial score (nSPS) is 14.9. The maximum atomic E-state index is 13.7. The molecule has 0 unspecified atom stereocenters. The van der Waals surface area contributed by atoms with Gasteiger partial charge in [0.2, 0.25) is 0 Å². The van der Waals surface area contributed by atoms with Crippen molar-refractivity contribution in [3.05, 3.63) is 54.5 Å². The van der Waals surface area contributed by atoms with Crippen molar-refractivity contribution < 1.29 is 26.9 Å². The standard InChI is InChI=1S/C23H23F4N4O2P/c1-4-34(33,5-2)18-10-11-28-20-19(15-6-8-16(9-7-15)23(25,26)27)29-31(21(18)20)17-12-30(13-17)22(32)14(3)24/h6-11,17H,3-5,12-13H2,1-2H3. The third kappa shape index (κ3) is 4.04. The van der Waals surface area contributed by atoms with Gasteiger partial charge in [-0.05, 0) is 18.2 Å². The van der Waals surface area contributed by atoms with Crippen LogP contribution in [0.1, 0.15) is 25.5 Å². The van der Waals surface area contributed by atoms with E-state index in [1.165, 1.54) is 23.2 Å². The number of likely N-dealkylation sites (tertiary alicyclic amines) is 1. The minimum Gasteiger partial charge on any atom is -0.332 e. The molecule has 1 aromatic carbocycles. The Bertz CT molecular complexity index is 1300. The van der Waals surface area contributed by atoms with Crippen LogP contribution in [-0.4, -0.2) is 51.0 Å². The Hall–Kier alpha value is -3.00. The molecule has 3 aromatic rings. The number of rotatable bonds is 6. The van der Waals surface area contributed by atoms with Gasteiger partial charge in [-0.25, -0.2) is 4.39 Å². The zero-order chi connectivity index (χ0) is 24.8. The van der Waals surface area contributed by atoms with Gasteiger partial charge in [0, 0.05) is 42.5 Å². The fraction of sp³-hybridized carbons (Fsp3) is 0.348. The second-order valence-electron chi connectivity index (χ2n) is 8.19. The molecule has 0 spiro atoms. The van der Waals surface area contributed by atoms with Crippen molar-refractivity contribution in [1.29, 1.82) is 0 Å². The summed E-state index contributed by atoms with van der Waals surface area (Å²) < 4.78 is 67.7. The van der Waals surface area contributed by atoms with E-state index < -0.39 is 30.6 Å². The van der Waals surface area contributed by atoms with Gasteiger partial charge in [0.1, 0.15) is 18.4 Å². The van der Waals surface area contributed by atoms with Crippen LogP contribution in [0, 0.1) is 0 Å². The Morgan fingerprint density at radius 3 is 2.29 bits per heavy atom. The van der Waals surface area contributed by atoms with Crippen molar-refractivity contribution in [3.8, 4) is 11.3 Å². The van der Waals surface area contributed by atoms with Crippen molar-refractivity contribution in [2.45, 2.75) is 26.1 Å². The van der Waals surface area contributed by atoms with Gasteiger partial charge in [0.15, 0.2) is 5.83 Å². The van der Waals surface area contributed by atoms with Crippen LogP contribution < -0.4 is 5.30 Å². The van der Waals surface area contributed by atoms with Crippen LogP contribution >= 0.6 is 7.14 Å². The first-order valence-corrected chi connectivity index (χ1v) is 12.8. The first-order valence-electron chi connectivity index (χ1n) is 10.8. The van der Waals surface area contributed by atoms with Gasteiger partial charge in [-0.15, -0.1) is 0 Å². The molecule has 1 fully saturated rings. The summed E-state index contributed by atoms with van der Waals surface area (Å²) in [5.74, 6) is -1.86. The van der Waals surface area contributed by atoms with E-state index in [0.717, 1.165) is 12.1 Å². The summed E-state index contributed by atoms with van der Waals surface area (Å²) in [5, 5.41) is 5.24. The quantitative estimate of drug-likeness (QED) is 0.275. The largest absolute Gasteiger partial charge is 0.416 e. The number of benzene rings is 1. The van der Waals surface area contributed by atoms with Crippen molar-refractivity contribution in [2.75, 3.05) is 25.4 Å². The summed E-state index contributed by atoms with van der Waals surface area (Å²) in [6.07, 6.45) is -2.11. The van der Waals surface area contributed by atoms with E-state index in [0.29, 0.717) is 39.9 Å². The van der Waals surface area contributed by atoms with Crippen molar-refractivity contribution in [3.63, 3.8) is 0 Å². The van der Waals surface area contributed by atoms with Gasteiger partial charge >= 0.3 is 6.18 Å². The first-order chi connectivity index (χ1) is 16.0. The lowest BCUT2D eigenvalue weighted by Gasteiger charge is -2.39.